The Morgan fingerprint density at radius 1 is 1.85 bits per heavy atom. The van der Waals surface area contributed by atoms with Crippen LogP contribution in [-0.2, 0) is 16.1 Å². The molecule has 1 N–H and O–H groups in total. The highest BCUT2D eigenvalue weighted by Gasteiger charge is 2.27. The van der Waals surface area contributed by atoms with Crippen molar-refractivity contribution in [3.8, 4) is 0 Å². The minimum Gasteiger partial charge on any atom is -0.468 e. The van der Waals surface area contributed by atoms with E-state index in [1.54, 1.807) is 6.20 Å². The van der Waals surface area contributed by atoms with E-state index in [0.717, 1.165) is 18.9 Å². The van der Waals surface area contributed by atoms with E-state index in [1.807, 2.05) is 10.8 Å². The van der Waals surface area contributed by atoms with E-state index in [1.165, 1.54) is 7.11 Å². The molecule has 1 aliphatic rings. The summed E-state index contributed by atoms with van der Waals surface area (Å²) < 4.78 is 6.62. The molecule has 0 unspecified atom stereocenters. The molecule has 0 radical (unpaired) electrons. The van der Waals surface area contributed by atoms with E-state index in [-0.39, 0.29) is 5.97 Å². The van der Waals surface area contributed by atoms with Gasteiger partial charge in [-0.2, -0.15) is 0 Å². The van der Waals surface area contributed by atoms with Crippen molar-refractivity contribution in [1.29, 1.82) is 0 Å². The fraction of sp³-hybridized carbons (Fsp3) is 0.500. The second kappa shape index (κ2) is 3.18. The molecule has 1 atom stereocenters. The molecular weight excluding hydrogens is 170 g/mol. The maximum Gasteiger partial charge on any atom is 0.330 e. The number of imidazole rings is 1. The van der Waals surface area contributed by atoms with E-state index >= 15 is 0 Å². The number of methoxy groups -OCH3 is 1. The second-order valence-electron chi connectivity index (χ2n) is 2.89. The van der Waals surface area contributed by atoms with Crippen LogP contribution in [0.3, 0.4) is 0 Å². The van der Waals surface area contributed by atoms with Crippen LogP contribution < -0.4 is 5.32 Å². The minimum atomic E-state index is -0.409. The summed E-state index contributed by atoms with van der Waals surface area (Å²) in [4.78, 5) is 15.4. The molecule has 2 heterocycles. The van der Waals surface area contributed by atoms with Crippen molar-refractivity contribution in [3.63, 3.8) is 0 Å². The van der Waals surface area contributed by atoms with Crippen molar-refractivity contribution < 1.29 is 9.53 Å². The predicted molar refractivity (Wildman–Crippen MR) is 45.0 cm³/mol. The average molecular weight is 181 g/mol. The first kappa shape index (κ1) is 8.25. The summed E-state index contributed by atoms with van der Waals surface area (Å²) in [7, 11) is 1.38. The Bertz CT molecular complexity index is 321. The quantitative estimate of drug-likeness (QED) is 0.604. The summed E-state index contributed by atoms with van der Waals surface area (Å²) >= 11 is 0. The van der Waals surface area contributed by atoms with Gasteiger partial charge in [-0.05, 0) is 0 Å². The van der Waals surface area contributed by atoms with Gasteiger partial charge >= 0.3 is 5.97 Å². The molecule has 0 saturated carbocycles. The molecule has 0 amide bonds. The van der Waals surface area contributed by atoms with Crippen LogP contribution in [0.4, 0.5) is 0 Å². The third kappa shape index (κ3) is 1.31. The molecule has 0 aliphatic carbocycles. The minimum absolute atomic E-state index is 0.285. The van der Waals surface area contributed by atoms with Crippen LogP contribution in [0.25, 0.3) is 0 Å². The predicted octanol–water partition coefficient (Wildman–Crippen LogP) is -0.300. The first-order valence-electron chi connectivity index (χ1n) is 4.15. The highest BCUT2D eigenvalue weighted by Crippen LogP contribution is 2.15. The molecule has 0 fully saturated rings. The smallest absolute Gasteiger partial charge is 0.330 e. The van der Waals surface area contributed by atoms with Crippen LogP contribution in [0.1, 0.15) is 11.9 Å². The lowest BCUT2D eigenvalue weighted by Gasteiger charge is -2.22. The number of rotatable bonds is 1. The van der Waals surface area contributed by atoms with Crippen molar-refractivity contribution >= 4 is 5.97 Å². The lowest BCUT2D eigenvalue weighted by atomic mass is 10.2. The van der Waals surface area contributed by atoms with Gasteiger partial charge in [-0.25, -0.2) is 9.78 Å². The van der Waals surface area contributed by atoms with Gasteiger partial charge in [-0.1, -0.05) is 0 Å². The topological polar surface area (TPSA) is 56.1 Å². The van der Waals surface area contributed by atoms with Crippen molar-refractivity contribution in [2.75, 3.05) is 13.7 Å². The second-order valence-corrected chi connectivity index (χ2v) is 2.89. The zero-order valence-electron chi connectivity index (χ0n) is 7.36. The molecule has 1 aliphatic heterocycles. The number of carbonyl (C=O) groups is 1. The molecule has 0 spiro atoms. The van der Waals surface area contributed by atoms with E-state index < -0.39 is 6.04 Å². The van der Waals surface area contributed by atoms with Crippen LogP contribution in [0.5, 0.6) is 0 Å². The Balaban J connectivity index is 2.30. The number of carbonyl (C=O) groups excluding carboxylic acids is 1. The number of esters is 1. The molecule has 5 nitrogen and oxygen atoms in total. The van der Waals surface area contributed by atoms with Gasteiger partial charge in [0.25, 0.3) is 0 Å². The van der Waals surface area contributed by atoms with Crippen LogP contribution >= 0.6 is 0 Å². The maximum absolute atomic E-state index is 11.3. The summed E-state index contributed by atoms with van der Waals surface area (Å²) in [5.74, 6) is 0.449. The molecule has 1 aromatic heterocycles. The van der Waals surface area contributed by atoms with Crippen LogP contribution in [-0.4, -0.2) is 29.2 Å². The number of ether oxygens (including phenoxy) is 1. The third-order valence-electron chi connectivity index (χ3n) is 2.14. The Labute approximate surface area is 75.7 Å². The normalized spacial score (nSPS) is 20.8. The number of nitrogens with zero attached hydrogens (tertiary/aromatic N) is 2. The zero-order chi connectivity index (χ0) is 9.26. The summed E-state index contributed by atoms with van der Waals surface area (Å²) in [5.41, 5.74) is 0. The molecule has 0 saturated heterocycles. The lowest BCUT2D eigenvalue weighted by molar-refractivity contribution is -0.143. The van der Waals surface area contributed by atoms with Gasteiger partial charge in [0.05, 0.1) is 7.11 Å². The number of hydrogen-bond acceptors (Lipinski definition) is 4. The largest absolute Gasteiger partial charge is 0.468 e. The molecule has 70 valence electrons. The van der Waals surface area contributed by atoms with Crippen molar-refractivity contribution in [2.24, 2.45) is 0 Å². The standard InChI is InChI=1S/C8H11N3O2/c1-13-8(12)6-7-10-3-5-11(7)4-2-9-6/h3,5-6,9H,2,4H2,1H3/t6-/m1/s1. The molecule has 1 aromatic rings. The Morgan fingerprint density at radius 3 is 3.46 bits per heavy atom. The monoisotopic (exact) mass is 181 g/mol. The van der Waals surface area contributed by atoms with Gasteiger partial charge in [-0.3, -0.25) is 5.32 Å². The Morgan fingerprint density at radius 2 is 2.69 bits per heavy atom. The maximum atomic E-state index is 11.3. The van der Waals surface area contributed by atoms with Gasteiger partial charge in [0.15, 0.2) is 6.04 Å². The Hall–Kier alpha value is -1.36. The molecule has 13 heavy (non-hydrogen) atoms. The molecular formula is C8H11N3O2. The third-order valence-corrected chi connectivity index (χ3v) is 2.14. The van der Waals surface area contributed by atoms with E-state index in [9.17, 15) is 4.79 Å². The number of fused-ring (bicyclic) bond motifs is 1. The first-order valence-corrected chi connectivity index (χ1v) is 4.15. The highest BCUT2D eigenvalue weighted by atomic mass is 16.5. The van der Waals surface area contributed by atoms with Crippen molar-refractivity contribution in [1.82, 2.24) is 14.9 Å². The van der Waals surface area contributed by atoms with Crippen molar-refractivity contribution in [2.45, 2.75) is 12.6 Å². The summed E-state index contributed by atoms with van der Waals surface area (Å²) in [5, 5.41) is 3.05. The summed E-state index contributed by atoms with van der Waals surface area (Å²) in [6, 6.07) is -0.409. The molecule has 2 rings (SSSR count). The Kier molecular flexibility index (Phi) is 2.02. The van der Waals surface area contributed by atoms with Gasteiger partial charge in [0.2, 0.25) is 0 Å². The van der Waals surface area contributed by atoms with Crippen LogP contribution in [0, 0.1) is 0 Å². The zero-order valence-corrected chi connectivity index (χ0v) is 7.36. The van der Waals surface area contributed by atoms with E-state index in [2.05, 4.69) is 15.0 Å². The SMILES string of the molecule is COC(=O)[C@@H]1NCCn2ccnc21. The number of aromatic nitrogens is 2. The highest BCUT2D eigenvalue weighted by molar-refractivity contribution is 5.76. The lowest BCUT2D eigenvalue weighted by Crippen LogP contribution is -2.38. The fourth-order valence-electron chi connectivity index (χ4n) is 1.50. The van der Waals surface area contributed by atoms with Gasteiger partial charge in [0.1, 0.15) is 5.82 Å². The van der Waals surface area contributed by atoms with Gasteiger partial charge < -0.3 is 9.30 Å². The van der Waals surface area contributed by atoms with E-state index in [4.69, 9.17) is 0 Å². The van der Waals surface area contributed by atoms with Crippen LogP contribution in [0.15, 0.2) is 12.4 Å². The molecule has 0 bridgehead atoms. The molecule has 0 aromatic carbocycles. The van der Waals surface area contributed by atoms with Crippen molar-refractivity contribution in [3.05, 3.63) is 18.2 Å². The van der Waals surface area contributed by atoms with Gasteiger partial charge in [-0.15, -0.1) is 0 Å². The first-order chi connectivity index (χ1) is 6.33. The number of nitrogens with one attached hydrogen (secondary N) is 1. The van der Waals surface area contributed by atoms with Gasteiger partial charge in [0, 0.05) is 25.5 Å². The van der Waals surface area contributed by atoms with E-state index in [0.29, 0.717) is 0 Å². The number of hydrogen-bond donors (Lipinski definition) is 1. The fourth-order valence-corrected chi connectivity index (χ4v) is 1.50. The average Bonchev–Trinajstić information content (AvgIpc) is 2.63. The summed E-state index contributed by atoms with van der Waals surface area (Å²) in [6.45, 7) is 1.62. The molecule has 5 heteroatoms. The summed E-state index contributed by atoms with van der Waals surface area (Å²) in [6.07, 6.45) is 3.56. The van der Waals surface area contributed by atoms with Crippen LogP contribution in [0.2, 0.25) is 0 Å².